The highest BCUT2D eigenvalue weighted by molar-refractivity contribution is 5.95. The summed E-state index contributed by atoms with van der Waals surface area (Å²) in [4.78, 5) is 12.3. The zero-order valence-electron chi connectivity index (χ0n) is 13.0. The molecule has 0 bridgehead atoms. The maximum Gasteiger partial charge on any atom is 0.244 e. The monoisotopic (exact) mass is 318 g/mol. The molecule has 0 saturated carbocycles. The van der Waals surface area contributed by atoms with Crippen LogP contribution < -0.4 is 10.6 Å². The van der Waals surface area contributed by atoms with Crippen molar-refractivity contribution in [1.82, 2.24) is 15.1 Å². The first-order valence-corrected chi connectivity index (χ1v) is 7.51. The molecule has 2 atom stereocenters. The average molecular weight is 318 g/mol. The molecule has 1 amide bonds. The first kappa shape index (κ1) is 15.6. The largest absolute Gasteiger partial charge is 0.375 e. The van der Waals surface area contributed by atoms with Crippen LogP contribution in [0.1, 0.15) is 12.5 Å². The van der Waals surface area contributed by atoms with E-state index >= 15 is 0 Å². The summed E-state index contributed by atoms with van der Waals surface area (Å²) < 4.78 is 21.2. The third-order valence-corrected chi connectivity index (χ3v) is 3.77. The number of benzene rings is 1. The molecule has 1 aliphatic rings. The Hall–Kier alpha value is -2.25. The average Bonchev–Trinajstić information content (AvgIpc) is 2.94. The molecule has 2 heterocycles. The number of nitrogens with one attached hydrogen (secondary N) is 2. The van der Waals surface area contributed by atoms with Crippen molar-refractivity contribution in [2.75, 3.05) is 18.5 Å². The number of hydrogen-bond donors (Lipinski definition) is 2. The normalized spacial score (nSPS) is 21.2. The van der Waals surface area contributed by atoms with Crippen molar-refractivity contribution in [3.63, 3.8) is 0 Å². The van der Waals surface area contributed by atoms with Gasteiger partial charge in [0.15, 0.2) is 5.82 Å². The van der Waals surface area contributed by atoms with Crippen molar-refractivity contribution < 1.29 is 13.9 Å². The number of anilines is 1. The van der Waals surface area contributed by atoms with E-state index in [-0.39, 0.29) is 12.0 Å². The summed E-state index contributed by atoms with van der Waals surface area (Å²) in [6, 6.07) is 4.09. The lowest BCUT2D eigenvalue weighted by Crippen LogP contribution is -2.53. The molecule has 7 heteroatoms. The smallest absolute Gasteiger partial charge is 0.244 e. The van der Waals surface area contributed by atoms with Gasteiger partial charge in [-0.3, -0.25) is 4.79 Å². The van der Waals surface area contributed by atoms with Crippen molar-refractivity contribution in [2.24, 2.45) is 0 Å². The van der Waals surface area contributed by atoms with Crippen molar-refractivity contribution >= 4 is 11.6 Å². The van der Waals surface area contributed by atoms with E-state index in [0.29, 0.717) is 24.5 Å². The van der Waals surface area contributed by atoms with Gasteiger partial charge in [-0.25, -0.2) is 9.07 Å². The highest BCUT2D eigenvalue weighted by Gasteiger charge is 2.28. The Balaban J connectivity index is 1.74. The number of morpholine rings is 1. The molecule has 0 unspecified atom stereocenters. The topological polar surface area (TPSA) is 68.2 Å². The number of halogens is 1. The number of nitrogens with zero attached hydrogens (tertiary/aromatic N) is 2. The van der Waals surface area contributed by atoms with E-state index in [2.05, 4.69) is 15.7 Å². The summed E-state index contributed by atoms with van der Waals surface area (Å²) >= 11 is 0. The molecule has 6 nitrogen and oxygen atoms in total. The number of aryl methyl sites for hydroxylation is 1. The Morgan fingerprint density at radius 1 is 1.52 bits per heavy atom. The second-order valence-electron chi connectivity index (χ2n) is 5.63. The molecule has 0 aliphatic carbocycles. The summed E-state index contributed by atoms with van der Waals surface area (Å²) in [6.45, 7) is 4.92. The van der Waals surface area contributed by atoms with Gasteiger partial charge in [0.1, 0.15) is 11.7 Å². The quantitative estimate of drug-likeness (QED) is 0.903. The Morgan fingerprint density at radius 3 is 3.00 bits per heavy atom. The van der Waals surface area contributed by atoms with Gasteiger partial charge in [0.05, 0.1) is 18.9 Å². The highest BCUT2D eigenvalue weighted by Crippen LogP contribution is 2.19. The van der Waals surface area contributed by atoms with Crippen molar-refractivity contribution in [3.8, 4) is 5.69 Å². The number of hydrogen-bond acceptors (Lipinski definition) is 4. The summed E-state index contributed by atoms with van der Waals surface area (Å²) in [5.74, 6) is -0.689. The molecule has 0 radical (unpaired) electrons. The van der Waals surface area contributed by atoms with E-state index in [4.69, 9.17) is 4.74 Å². The molecular formula is C16H19FN4O2. The van der Waals surface area contributed by atoms with Gasteiger partial charge in [0.2, 0.25) is 5.91 Å². The van der Waals surface area contributed by atoms with Crippen LogP contribution in [0.15, 0.2) is 30.6 Å². The standard InChI is InChI=1S/C16H19FN4O2/c1-10-8-19-21(9-10)14-4-3-12(7-13(14)17)20-16(22)15-11(2)23-6-5-18-15/h3-4,7-9,11,15,18H,5-6H2,1-2H3,(H,20,22)/t11-,15+/m1/s1. The molecule has 2 aromatic rings. The molecule has 1 aromatic heterocycles. The number of rotatable bonds is 3. The maximum atomic E-state index is 14.3. The van der Waals surface area contributed by atoms with Gasteiger partial charge in [-0.15, -0.1) is 0 Å². The van der Waals surface area contributed by atoms with E-state index in [1.807, 2.05) is 13.8 Å². The van der Waals surface area contributed by atoms with E-state index in [9.17, 15) is 9.18 Å². The van der Waals surface area contributed by atoms with Crippen LogP contribution in [-0.4, -0.2) is 41.0 Å². The molecular weight excluding hydrogens is 299 g/mol. The SMILES string of the molecule is Cc1cnn(-c2ccc(NC(=O)[C@H]3NCCO[C@@H]3C)cc2F)c1. The molecule has 1 aromatic carbocycles. The third kappa shape index (κ3) is 3.40. The second-order valence-corrected chi connectivity index (χ2v) is 5.63. The third-order valence-electron chi connectivity index (χ3n) is 3.77. The van der Waals surface area contributed by atoms with Crippen LogP contribution in [0.5, 0.6) is 0 Å². The molecule has 0 spiro atoms. The van der Waals surface area contributed by atoms with Crippen molar-refractivity contribution in [2.45, 2.75) is 26.0 Å². The predicted octanol–water partition coefficient (Wildman–Crippen LogP) is 1.64. The van der Waals surface area contributed by atoms with Crippen molar-refractivity contribution in [3.05, 3.63) is 42.0 Å². The number of carbonyl (C=O) groups excluding carboxylic acids is 1. The first-order chi connectivity index (χ1) is 11.0. The van der Waals surface area contributed by atoms with Gasteiger partial charge in [0.25, 0.3) is 0 Å². The van der Waals surface area contributed by atoms with Crippen molar-refractivity contribution in [1.29, 1.82) is 0 Å². The zero-order valence-corrected chi connectivity index (χ0v) is 13.0. The summed E-state index contributed by atoms with van der Waals surface area (Å²) in [6.07, 6.45) is 3.17. The lowest BCUT2D eigenvalue weighted by molar-refractivity contribution is -0.123. The van der Waals surface area contributed by atoms with Gasteiger partial charge in [-0.2, -0.15) is 5.10 Å². The Kier molecular flexibility index (Phi) is 4.40. The molecule has 1 saturated heterocycles. The first-order valence-electron chi connectivity index (χ1n) is 7.51. The lowest BCUT2D eigenvalue weighted by Gasteiger charge is -2.29. The van der Waals surface area contributed by atoms with Gasteiger partial charge in [-0.1, -0.05) is 0 Å². The fourth-order valence-electron chi connectivity index (χ4n) is 2.56. The second kappa shape index (κ2) is 6.47. The summed E-state index contributed by atoms with van der Waals surface area (Å²) in [5.41, 5.74) is 1.68. The minimum Gasteiger partial charge on any atom is -0.375 e. The van der Waals surface area contributed by atoms with Gasteiger partial charge < -0.3 is 15.4 Å². The number of aromatic nitrogens is 2. The summed E-state index contributed by atoms with van der Waals surface area (Å²) in [7, 11) is 0. The van der Waals surface area contributed by atoms with Crippen LogP contribution in [0, 0.1) is 12.7 Å². The van der Waals surface area contributed by atoms with Crippen LogP contribution in [-0.2, 0) is 9.53 Å². The van der Waals surface area contributed by atoms with Crippen LogP contribution in [0.3, 0.4) is 0 Å². The highest BCUT2D eigenvalue weighted by atomic mass is 19.1. The van der Waals surface area contributed by atoms with Crippen LogP contribution >= 0.6 is 0 Å². The molecule has 1 fully saturated rings. The zero-order chi connectivity index (χ0) is 16.4. The number of amides is 1. The number of ether oxygens (including phenoxy) is 1. The van der Waals surface area contributed by atoms with Crippen LogP contribution in [0.2, 0.25) is 0 Å². The Labute approximate surface area is 133 Å². The predicted molar refractivity (Wildman–Crippen MR) is 84.1 cm³/mol. The van der Waals surface area contributed by atoms with Crippen LogP contribution in [0.4, 0.5) is 10.1 Å². The summed E-state index contributed by atoms with van der Waals surface area (Å²) in [5, 5.41) is 9.90. The lowest BCUT2D eigenvalue weighted by atomic mass is 10.1. The van der Waals surface area contributed by atoms with E-state index in [1.54, 1.807) is 24.5 Å². The maximum absolute atomic E-state index is 14.3. The fourth-order valence-corrected chi connectivity index (χ4v) is 2.56. The molecule has 1 aliphatic heterocycles. The Bertz CT molecular complexity index is 716. The minimum absolute atomic E-state index is 0.222. The van der Waals surface area contributed by atoms with E-state index in [0.717, 1.165) is 5.56 Å². The number of carbonyl (C=O) groups is 1. The minimum atomic E-state index is -0.452. The molecule has 122 valence electrons. The van der Waals surface area contributed by atoms with E-state index < -0.39 is 11.9 Å². The van der Waals surface area contributed by atoms with E-state index in [1.165, 1.54) is 10.7 Å². The van der Waals surface area contributed by atoms with Gasteiger partial charge in [0, 0.05) is 18.4 Å². The van der Waals surface area contributed by atoms with Gasteiger partial charge in [-0.05, 0) is 37.6 Å². The molecule has 3 rings (SSSR count). The molecule has 2 N–H and O–H groups in total. The molecule has 23 heavy (non-hydrogen) atoms. The Morgan fingerprint density at radius 2 is 2.35 bits per heavy atom. The van der Waals surface area contributed by atoms with Crippen LogP contribution in [0.25, 0.3) is 5.69 Å². The fraction of sp³-hybridized carbons (Fsp3) is 0.375. The van der Waals surface area contributed by atoms with Gasteiger partial charge >= 0.3 is 0 Å².